The highest BCUT2D eigenvalue weighted by atomic mass is 16.3. The lowest BCUT2D eigenvalue weighted by Gasteiger charge is -2.32. The van der Waals surface area contributed by atoms with Crippen LogP contribution in [0.2, 0.25) is 0 Å². The number of piperidine rings is 1. The number of amides is 1. The van der Waals surface area contributed by atoms with Gasteiger partial charge in [-0.3, -0.25) is 9.59 Å². The molecule has 2 rings (SSSR count). The zero-order valence-electron chi connectivity index (χ0n) is 12.5. The number of aromatic nitrogens is 2. The molecule has 1 saturated heterocycles. The van der Waals surface area contributed by atoms with Gasteiger partial charge in [-0.25, -0.2) is 4.68 Å². The molecule has 1 atom stereocenters. The van der Waals surface area contributed by atoms with Gasteiger partial charge in [0.1, 0.15) is 5.69 Å². The maximum absolute atomic E-state index is 12.5. The molecular formula is C15H23N3O3. The molecule has 1 aliphatic heterocycles. The number of carbonyl (C=O) groups is 1. The van der Waals surface area contributed by atoms with E-state index in [0.29, 0.717) is 24.7 Å². The fourth-order valence-electron chi connectivity index (χ4n) is 2.76. The molecule has 0 spiro atoms. The van der Waals surface area contributed by atoms with Crippen LogP contribution in [0.1, 0.15) is 43.1 Å². The summed E-state index contributed by atoms with van der Waals surface area (Å²) in [6, 6.07) is 2.91. The summed E-state index contributed by atoms with van der Waals surface area (Å²) in [6.07, 6.45) is 3.53. The van der Waals surface area contributed by atoms with Crippen LogP contribution < -0.4 is 5.56 Å². The molecule has 116 valence electrons. The van der Waals surface area contributed by atoms with E-state index in [1.165, 1.54) is 16.8 Å². The molecule has 21 heavy (non-hydrogen) atoms. The Balaban J connectivity index is 2.12. The molecule has 1 amide bonds. The van der Waals surface area contributed by atoms with Gasteiger partial charge in [-0.2, -0.15) is 5.10 Å². The van der Waals surface area contributed by atoms with E-state index in [9.17, 15) is 9.59 Å². The van der Waals surface area contributed by atoms with E-state index in [4.69, 9.17) is 5.11 Å². The van der Waals surface area contributed by atoms with Gasteiger partial charge in [-0.15, -0.1) is 0 Å². The fourth-order valence-corrected chi connectivity index (χ4v) is 2.76. The van der Waals surface area contributed by atoms with Crippen molar-refractivity contribution in [2.45, 2.75) is 39.2 Å². The van der Waals surface area contributed by atoms with E-state index in [2.05, 4.69) is 5.10 Å². The second-order valence-corrected chi connectivity index (χ2v) is 5.55. The Morgan fingerprint density at radius 1 is 1.48 bits per heavy atom. The van der Waals surface area contributed by atoms with Crippen LogP contribution in [0.5, 0.6) is 0 Å². The summed E-state index contributed by atoms with van der Waals surface area (Å²) in [5.74, 6) is 0.233. The van der Waals surface area contributed by atoms with Crippen molar-refractivity contribution in [3.05, 3.63) is 28.2 Å². The van der Waals surface area contributed by atoms with Gasteiger partial charge in [0.2, 0.25) is 0 Å². The van der Waals surface area contributed by atoms with Crippen molar-refractivity contribution in [3.63, 3.8) is 0 Å². The van der Waals surface area contributed by atoms with Crippen LogP contribution >= 0.6 is 0 Å². The van der Waals surface area contributed by atoms with E-state index in [1.807, 2.05) is 6.92 Å². The van der Waals surface area contributed by atoms with Gasteiger partial charge in [0, 0.05) is 32.3 Å². The van der Waals surface area contributed by atoms with Gasteiger partial charge in [0.05, 0.1) is 0 Å². The van der Waals surface area contributed by atoms with Crippen molar-refractivity contribution < 1.29 is 9.90 Å². The third kappa shape index (κ3) is 3.91. The zero-order chi connectivity index (χ0) is 15.2. The molecule has 0 aliphatic carbocycles. The Labute approximate surface area is 124 Å². The van der Waals surface area contributed by atoms with Gasteiger partial charge in [-0.1, -0.05) is 6.92 Å². The second kappa shape index (κ2) is 7.36. The lowest BCUT2D eigenvalue weighted by atomic mass is 9.95. The number of aryl methyl sites for hydroxylation is 1. The quantitative estimate of drug-likeness (QED) is 0.874. The van der Waals surface area contributed by atoms with Crippen LogP contribution in [0.15, 0.2) is 16.9 Å². The number of aliphatic hydroxyl groups is 1. The van der Waals surface area contributed by atoms with Gasteiger partial charge in [0.15, 0.2) is 0 Å². The van der Waals surface area contributed by atoms with Gasteiger partial charge in [0.25, 0.3) is 11.5 Å². The molecule has 6 nitrogen and oxygen atoms in total. The highest BCUT2D eigenvalue weighted by Gasteiger charge is 2.25. The Bertz CT molecular complexity index is 539. The fraction of sp³-hybridized carbons (Fsp3) is 0.667. The predicted molar refractivity (Wildman–Crippen MR) is 79.1 cm³/mol. The average molecular weight is 293 g/mol. The summed E-state index contributed by atoms with van der Waals surface area (Å²) in [5.41, 5.74) is 0.151. The van der Waals surface area contributed by atoms with Gasteiger partial charge in [-0.05, 0) is 37.7 Å². The summed E-state index contributed by atoms with van der Waals surface area (Å²) in [4.78, 5) is 25.9. The molecule has 0 aromatic carbocycles. The summed E-state index contributed by atoms with van der Waals surface area (Å²) in [6.45, 7) is 4.02. The number of aliphatic hydroxyl groups excluding tert-OH is 1. The predicted octanol–water partition coefficient (Wildman–Crippen LogP) is 0.888. The SMILES string of the molecule is CCCn1nc(C(=O)N2CCCC(CCO)C2)ccc1=O. The lowest BCUT2D eigenvalue weighted by molar-refractivity contribution is 0.0645. The Morgan fingerprint density at radius 2 is 2.29 bits per heavy atom. The number of hydrogen-bond donors (Lipinski definition) is 1. The van der Waals surface area contributed by atoms with Crippen molar-refractivity contribution >= 4 is 5.91 Å². The van der Waals surface area contributed by atoms with Crippen molar-refractivity contribution in [2.24, 2.45) is 5.92 Å². The first kappa shape index (κ1) is 15.7. The molecule has 1 aromatic heterocycles. The molecular weight excluding hydrogens is 270 g/mol. The van der Waals surface area contributed by atoms with E-state index >= 15 is 0 Å². The summed E-state index contributed by atoms with van der Waals surface area (Å²) < 4.78 is 1.35. The molecule has 0 bridgehead atoms. The van der Waals surface area contributed by atoms with Gasteiger partial charge >= 0.3 is 0 Å². The monoisotopic (exact) mass is 293 g/mol. The second-order valence-electron chi connectivity index (χ2n) is 5.55. The standard InChI is InChI=1S/C15H23N3O3/c1-2-8-18-14(20)6-5-13(16-18)15(21)17-9-3-4-12(11-17)7-10-19/h5-6,12,19H,2-4,7-11H2,1H3. The smallest absolute Gasteiger partial charge is 0.274 e. The first-order valence-corrected chi connectivity index (χ1v) is 7.64. The Hall–Kier alpha value is -1.69. The van der Waals surface area contributed by atoms with E-state index in [0.717, 1.165) is 32.2 Å². The third-order valence-corrected chi connectivity index (χ3v) is 3.86. The Morgan fingerprint density at radius 3 is 3.00 bits per heavy atom. The van der Waals surface area contributed by atoms with Crippen LogP contribution in [-0.4, -0.2) is 45.4 Å². The molecule has 2 heterocycles. The number of nitrogens with zero attached hydrogens (tertiary/aromatic N) is 3. The lowest BCUT2D eigenvalue weighted by Crippen LogP contribution is -2.41. The van der Waals surface area contributed by atoms with E-state index in [-0.39, 0.29) is 18.1 Å². The van der Waals surface area contributed by atoms with Crippen LogP contribution in [0, 0.1) is 5.92 Å². The van der Waals surface area contributed by atoms with Crippen molar-refractivity contribution in [1.29, 1.82) is 0 Å². The van der Waals surface area contributed by atoms with Crippen molar-refractivity contribution in [2.75, 3.05) is 19.7 Å². The minimum absolute atomic E-state index is 0.123. The molecule has 1 N–H and O–H groups in total. The number of carbonyl (C=O) groups excluding carboxylic acids is 1. The molecule has 6 heteroatoms. The summed E-state index contributed by atoms with van der Waals surface area (Å²) >= 11 is 0. The largest absolute Gasteiger partial charge is 0.396 e. The van der Waals surface area contributed by atoms with E-state index < -0.39 is 0 Å². The van der Waals surface area contributed by atoms with Crippen LogP contribution in [0.4, 0.5) is 0 Å². The topological polar surface area (TPSA) is 75.4 Å². The Kier molecular flexibility index (Phi) is 5.50. The summed E-state index contributed by atoms with van der Waals surface area (Å²) in [7, 11) is 0. The first-order valence-electron chi connectivity index (χ1n) is 7.64. The number of likely N-dealkylation sites (tertiary alicyclic amines) is 1. The van der Waals surface area contributed by atoms with Crippen LogP contribution in [0.25, 0.3) is 0 Å². The minimum atomic E-state index is -0.176. The molecule has 0 radical (unpaired) electrons. The first-order chi connectivity index (χ1) is 10.2. The molecule has 0 saturated carbocycles. The summed E-state index contributed by atoms with van der Waals surface area (Å²) in [5, 5.41) is 13.2. The van der Waals surface area contributed by atoms with Crippen molar-refractivity contribution in [3.8, 4) is 0 Å². The average Bonchev–Trinajstić information content (AvgIpc) is 2.50. The third-order valence-electron chi connectivity index (χ3n) is 3.86. The van der Waals surface area contributed by atoms with Crippen LogP contribution in [-0.2, 0) is 6.54 Å². The highest BCUT2D eigenvalue weighted by Crippen LogP contribution is 2.20. The minimum Gasteiger partial charge on any atom is -0.396 e. The molecule has 1 aliphatic rings. The van der Waals surface area contributed by atoms with Gasteiger partial charge < -0.3 is 10.0 Å². The molecule has 1 fully saturated rings. The molecule has 1 aromatic rings. The maximum Gasteiger partial charge on any atom is 0.274 e. The van der Waals surface area contributed by atoms with E-state index in [1.54, 1.807) is 4.90 Å². The highest BCUT2D eigenvalue weighted by molar-refractivity contribution is 5.92. The zero-order valence-corrected chi connectivity index (χ0v) is 12.5. The number of rotatable bonds is 5. The maximum atomic E-state index is 12.5. The number of hydrogen-bond acceptors (Lipinski definition) is 4. The van der Waals surface area contributed by atoms with Crippen LogP contribution in [0.3, 0.4) is 0 Å². The van der Waals surface area contributed by atoms with Crippen molar-refractivity contribution in [1.82, 2.24) is 14.7 Å². The normalized spacial score (nSPS) is 18.8. The molecule has 1 unspecified atom stereocenters.